The van der Waals surface area contributed by atoms with Gasteiger partial charge >= 0.3 is 5.97 Å². The van der Waals surface area contributed by atoms with Crippen molar-refractivity contribution in [2.75, 3.05) is 0 Å². The number of carbonyl (C=O) groups is 2. The second kappa shape index (κ2) is 8.70. The number of fused-ring (bicyclic) bond motifs is 1. The number of hydrogen-bond acceptors (Lipinski definition) is 5. The highest BCUT2D eigenvalue weighted by Gasteiger charge is 2.28. The van der Waals surface area contributed by atoms with E-state index >= 15 is 0 Å². The molecule has 7 heteroatoms. The number of hydrogen-bond donors (Lipinski definition) is 1. The van der Waals surface area contributed by atoms with E-state index in [0.29, 0.717) is 17.5 Å². The topological polar surface area (TPSA) is 86.1 Å². The van der Waals surface area contributed by atoms with Crippen LogP contribution in [0.2, 0.25) is 0 Å². The Morgan fingerprint density at radius 2 is 1.88 bits per heavy atom. The molecule has 0 fully saturated rings. The van der Waals surface area contributed by atoms with Crippen LogP contribution in [0.15, 0.2) is 85.5 Å². The quantitative estimate of drug-likeness (QED) is 0.472. The summed E-state index contributed by atoms with van der Waals surface area (Å²) in [5.74, 6) is -0.557. The Bertz CT molecular complexity index is 1290. The zero-order valence-corrected chi connectivity index (χ0v) is 18.0. The number of esters is 1. The van der Waals surface area contributed by atoms with Gasteiger partial charge < -0.3 is 10.1 Å². The van der Waals surface area contributed by atoms with Gasteiger partial charge in [-0.3, -0.25) is 4.79 Å². The lowest BCUT2D eigenvalue weighted by atomic mass is 9.93. The molecule has 0 unspecified atom stereocenters. The molecule has 0 spiro atoms. The van der Waals surface area contributed by atoms with E-state index in [1.807, 2.05) is 61.5 Å². The van der Waals surface area contributed by atoms with Crippen molar-refractivity contribution in [3.63, 3.8) is 0 Å². The lowest BCUT2D eigenvalue weighted by Crippen LogP contribution is -2.28. The third-order valence-electron chi connectivity index (χ3n) is 5.84. The van der Waals surface area contributed by atoms with Crippen molar-refractivity contribution in [1.82, 2.24) is 20.1 Å². The molecule has 1 N–H and O–H groups in total. The van der Waals surface area contributed by atoms with Gasteiger partial charge in [-0.2, -0.15) is 5.10 Å². The Morgan fingerprint density at radius 3 is 2.61 bits per heavy atom. The minimum absolute atomic E-state index is 0.194. The molecule has 4 aromatic rings. The number of cyclic esters (lactones) is 1. The van der Waals surface area contributed by atoms with Crippen molar-refractivity contribution < 1.29 is 14.3 Å². The highest BCUT2D eigenvalue weighted by atomic mass is 16.5. The number of nitrogens with zero attached hydrogens (tertiary/aromatic N) is 3. The van der Waals surface area contributed by atoms with E-state index in [4.69, 9.17) is 4.74 Å². The molecular formula is C26H22N4O3. The molecule has 3 aromatic carbocycles. The third kappa shape index (κ3) is 4.25. The lowest BCUT2D eigenvalue weighted by Gasteiger charge is -2.25. The number of rotatable bonds is 5. The molecule has 0 saturated carbocycles. The molecule has 0 radical (unpaired) electrons. The first-order valence-corrected chi connectivity index (χ1v) is 10.7. The van der Waals surface area contributed by atoms with Crippen LogP contribution in [0.25, 0.3) is 5.69 Å². The average Bonchev–Trinajstić information content (AvgIpc) is 3.39. The second-order valence-corrected chi connectivity index (χ2v) is 8.01. The van der Waals surface area contributed by atoms with Gasteiger partial charge in [0.25, 0.3) is 5.91 Å². The summed E-state index contributed by atoms with van der Waals surface area (Å²) in [5.41, 5.74) is 4.64. The van der Waals surface area contributed by atoms with Crippen molar-refractivity contribution in [3.8, 4) is 5.69 Å². The second-order valence-electron chi connectivity index (χ2n) is 8.01. The molecule has 0 bridgehead atoms. The van der Waals surface area contributed by atoms with E-state index in [2.05, 4.69) is 15.4 Å². The summed E-state index contributed by atoms with van der Waals surface area (Å²) in [7, 11) is 0. The van der Waals surface area contributed by atoms with Crippen LogP contribution in [-0.4, -0.2) is 26.6 Å². The minimum atomic E-state index is -0.363. The number of nitrogens with one attached hydrogen (secondary N) is 1. The summed E-state index contributed by atoms with van der Waals surface area (Å²) >= 11 is 0. The molecule has 1 aromatic heterocycles. The zero-order chi connectivity index (χ0) is 22.8. The highest BCUT2D eigenvalue weighted by Crippen LogP contribution is 2.31. The van der Waals surface area contributed by atoms with Crippen LogP contribution < -0.4 is 5.32 Å². The van der Waals surface area contributed by atoms with Crippen molar-refractivity contribution in [2.45, 2.75) is 25.5 Å². The monoisotopic (exact) mass is 438 g/mol. The molecule has 33 heavy (non-hydrogen) atoms. The van der Waals surface area contributed by atoms with Crippen LogP contribution in [0.4, 0.5) is 0 Å². The Kier molecular flexibility index (Phi) is 5.44. The summed E-state index contributed by atoms with van der Waals surface area (Å²) in [6, 6.07) is 22.3. The zero-order valence-electron chi connectivity index (χ0n) is 18.0. The summed E-state index contributed by atoms with van der Waals surface area (Å²) in [4.78, 5) is 29.4. The third-order valence-corrected chi connectivity index (χ3v) is 5.84. The number of amides is 1. The van der Waals surface area contributed by atoms with Gasteiger partial charge in [-0.05, 0) is 53.9 Å². The maximum absolute atomic E-state index is 13.0. The molecule has 0 aliphatic carbocycles. The fourth-order valence-electron chi connectivity index (χ4n) is 4.01. The van der Waals surface area contributed by atoms with Crippen LogP contribution >= 0.6 is 0 Å². The standard InChI is InChI=1S/C26H22N4O3/c1-17(18-7-10-22(11-8-18)30-16-27-15-28-30)29-25(31)20-9-12-23-21(13-20)14-24(33-26(23)32)19-5-3-2-4-6-19/h2-13,15-17,24H,14H2,1H3,(H,29,31)/t17-,24-/m0/s1. The summed E-state index contributed by atoms with van der Waals surface area (Å²) in [6.07, 6.45) is 3.30. The van der Waals surface area contributed by atoms with Crippen LogP contribution in [0.3, 0.4) is 0 Å². The summed E-state index contributed by atoms with van der Waals surface area (Å²) in [6.45, 7) is 1.93. The Hall–Kier alpha value is -4.26. The van der Waals surface area contributed by atoms with Crippen LogP contribution in [0.5, 0.6) is 0 Å². The molecule has 0 saturated heterocycles. The predicted octanol–water partition coefficient (Wildman–Crippen LogP) is 4.21. The van der Waals surface area contributed by atoms with Gasteiger partial charge in [0.05, 0.1) is 17.3 Å². The maximum atomic E-state index is 13.0. The van der Waals surface area contributed by atoms with Gasteiger partial charge in [0.2, 0.25) is 0 Å². The molecule has 1 aliphatic rings. The predicted molar refractivity (Wildman–Crippen MR) is 122 cm³/mol. The smallest absolute Gasteiger partial charge is 0.339 e. The Labute approximate surface area is 191 Å². The normalized spacial score (nSPS) is 15.9. The molecule has 2 heterocycles. The largest absolute Gasteiger partial charge is 0.454 e. The lowest BCUT2D eigenvalue weighted by molar-refractivity contribution is 0.0252. The molecular weight excluding hydrogens is 416 g/mol. The van der Waals surface area contributed by atoms with E-state index in [1.165, 1.54) is 6.33 Å². The van der Waals surface area contributed by atoms with E-state index in [-0.39, 0.29) is 24.0 Å². The van der Waals surface area contributed by atoms with Crippen molar-refractivity contribution in [3.05, 3.63) is 113 Å². The minimum Gasteiger partial charge on any atom is -0.454 e. The first kappa shape index (κ1) is 20.6. The van der Waals surface area contributed by atoms with E-state index in [9.17, 15) is 9.59 Å². The van der Waals surface area contributed by atoms with Crippen LogP contribution in [0, 0.1) is 0 Å². The van der Waals surface area contributed by atoms with Crippen molar-refractivity contribution >= 4 is 11.9 Å². The molecule has 7 nitrogen and oxygen atoms in total. The van der Waals surface area contributed by atoms with E-state index < -0.39 is 0 Å². The maximum Gasteiger partial charge on any atom is 0.339 e. The average molecular weight is 438 g/mol. The van der Waals surface area contributed by atoms with Gasteiger partial charge in [0.15, 0.2) is 0 Å². The van der Waals surface area contributed by atoms with E-state index in [1.54, 1.807) is 29.2 Å². The SMILES string of the molecule is C[C@H](NC(=O)c1ccc2c(c1)C[C@@H](c1ccccc1)OC2=O)c1ccc(-n2cncn2)cc1. The molecule has 1 amide bonds. The number of ether oxygens (including phenoxy) is 1. The Balaban J connectivity index is 1.31. The highest BCUT2D eigenvalue weighted by molar-refractivity contribution is 5.98. The first-order valence-electron chi connectivity index (χ1n) is 10.7. The Morgan fingerprint density at radius 1 is 1.09 bits per heavy atom. The molecule has 5 rings (SSSR count). The van der Waals surface area contributed by atoms with Gasteiger partial charge in [-0.1, -0.05) is 42.5 Å². The number of benzene rings is 3. The van der Waals surface area contributed by atoms with Gasteiger partial charge in [0, 0.05) is 12.0 Å². The van der Waals surface area contributed by atoms with Gasteiger partial charge in [-0.25, -0.2) is 14.5 Å². The number of carbonyl (C=O) groups excluding carboxylic acids is 2. The van der Waals surface area contributed by atoms with Crippen molar-refractivity contribution in [1.29, 1.82) is 0 Å². The van der Waals surface area contributed by atoms with Crippen molar-refractivity contribution in [2.24, 2.45) is 0 Å². The molecule has 164 valence electrons. The van der Waals surface area contributed by atoms with Gasteiger partial charge in [0.1, 0.15) is 18.8 Å². The van der Waals surface area contributed by atoms with Crippen LogP contribution in [0.1, 0.15) is 56.5 Å². The van der Waals surface area contributed by atoms with Gasteiger partial charge in [-0.15, -0.1) is 0 Å². The van der Waals surface area contributed by atoms with Crippen LogP contribution in [-0.2, 0) is 11.2 Å². The fourth-order valence-corrected chi connectivity index (χ4v) is 4.01. The first-order chi connectivity index (χ1) is 16.1. The molecule has 2 atom stereocenters. The summed E-state index contributed by atoms with van der Waals surface area (Å²) < 4.78 is 7.28. The summed E-state index contributed by atoms with van der Waals surface area (Å²) in [5, 5.41) is 7.15. The fraction of sp³-hybridized carbons (Fsp3) is 0.154. The van der Waals surface area contributed by atoms with E-state index in [0.717, 1.165) is 22.4 Å². The number of aromatic nitrogens is 3. The molecule has 1 aliphatic heterocycles.